The molecule has 4 aliphatic rings. The molecule has 4 heterocycles. The largest absolute Gasteiger partial charge is 0.599 e. The Morgan fingerprint density at radius 2 is 0.612 bits per heavy atom. The molecule has 4 rings (SSSR count). The van der Waals surface area contributed by atoms with Crippen LogP contribution in [0.2, 0.25) is 0 Å². The van der Waals surface area contributed by atoms with E-state index in [2.05, 4.69) is 192 Å². The van der Waals surface area contributed by atoms with Crippen LogP contribution in [0.4, 0.5) is 0 Å². The number of nitrogens with zero attached hydrogens (tertiary/aromatic N) is 6. The molecule has 0 radical (unpaired) electrons. The minimum atomic E-state index is -3.71. The maximum atomic E-state index is 8.41. The van der Waals surface area contributed by atoms with Crippen LogP contribution in [0.3, 0.4) is 0 Å². The molecule has 49 heavy (non-hydrogen) atoms. The van der Waals surface area contributed by atoms with Gasteiger partial charge < -0.3 is 22.4 Å². The fourth-order valence-corrected chi connectivity index (χ4v) is 18.7. The highest BCUT2D eigenvalue weighted by atomic mass is 28.5. The van der Waals surface area contributed by atoms with E-state index in [9.17, 15) is 0 Å². The van der Waals surface area contributed by atoms with E-state index in [0.717, 1.165) is 25.7 Å². The molecule has 9 nitrogen and oxygen atoms in total. The van der Waals surface area contributed by atoms with Crippen LogP contribution in [0.5, 0.6) is 0 Å². The summed E-state index contributed by atoms with van der Waals surface area (Å²) in [6, 6.07) is 0. The van der Waals surface area contributed by atoms with E-state index in [0.29, 0.717) is 0 Å². The van der Waals surface area contributed by atoms with Crippen molar-refractivity contribution in [2.24, 2.45) is 0 Å². The van der Waals surface area contributed by atoms with Crippen molar-refractivity contribution in [3.05, 3.63) is 24.8 Å². The van der Waals surface area contributed by atoms with Crippen molar-refractivity contribution in [3.8, 4) is 0 Å². The molecular formula is C38H76N6O3Si2. The van der Waals surface area contributed by atoms with Crippen LogP contribution in [0, 0.1) is 0 Å². The molecule has 0 aromatic carbocycles. The topological polar surface area (TPSA) is 47.1 Å². The van der Waals surface area contributed by atoms with Gasteiger partial charge in [0.25, 0.3) is 0 Å². The molecule has 0 aromatic rings. The molecule has 0 aliphatic carbocycles. The fourth-order valence-electron chi connectivity index (χ4n) is 8.73. The first-order valence-electron chi connectivity index (χ1n) is 19.0. The summed E-state index contributed by atoms with van der Waals surface area (Å²) in [4.78, 5) is 0. The van der Waals surface area contributed by atoms with Gasteiger partial charge in [-0.05, 0) is 177 Å². The first kappa shape index (κ1) is 40.7. The van der Waals surface area contributed by atoms with Gasteiger partial charge in [0.15, 0.2) is 0 Å². The molecule has 11 heteroatoms. The van der Waals surface area contributed by atoms with Gasteiger partial charge in [-0.3, -0.25) is 9.05 Å². The Balaban J connectivity index is 2.11. The lowest BCUT2D eigenvalue weighted by Crippen LogP contribution is -2.84. The third-order valence-electron chi connectivity index (χ3n) is 10.9. The quantitative estimate of drug-likeness (QED) is 0.250. The predicted molar refractivity (Wildman–Crippen MR) is 207 cm³/mol. The van der Waals surface area contributed by atoms with Crippen molar-refractivity contribution >= 4 is 17.8 Å². The second kappa shape index (κ2) is 12.2. The predicted octanol–water partition coefficient (Wildman–Crippen LogP) is 9.20. The van der Waals surface area contributed by atoms with Gasteiger partial charge in [-0.2, -0.15) is 10.1 Å². The number of piperidine rings is 2. The molecule has 0 amide bonds. The van der Waals surface area contributed by atoms with Gasteiger partial charge in [-0.15, -0.1) is 0 Å². The normalized spacial score (nSPS) is 27.0. The summed E-state index contributed by atoms with van der Waals surface area (Å²) in [5.41, 5.74) is -2.03. The van der Waals surface area contributed by atoms with E-state index in [-0.39, 0.29) is 44.3 Å². The van der Waals surface area contributed by atoms with E-state index in [1.54, 1.807) is 0 Å². The molecule has 2 saturated heterocycles. The Labute approximate surface area is 304 Å². The molecule has 284 valence electrons. The molecular weight excluding hydrogens is 645 g/mol. The standard InChI is InChI=1S/C38H76N6O3Si2/c1-31(2,3)39-27-28-40(32(4,5)6)48(39,45-43-35(13,14)23-21-24-36(43,15)16)47-49(46-44-37(17,18)25-22-26-38(44,19)20)41(33(7,8)9)29-30-42(49)34(10,11)12/h27-30H,21-26H2,1-20H3. The van der Waals surface area contributed by atoms with E-state index in [1.165, 1.54) is 12.8 Å². The minimum absolute atomic E-state index is 0.200. The average molecular weight is 721 g/mol. The monoisotopic (exact) mass is 721 g/mol. The van der Waals surface area contributed by atoms with Crippen LogP contribution < -0.4 is 0 Å². The Bertz CT molecular complexity index is 1090. The van der Waals surface area contributed by atoms with Gasteiger partial charge in [0, 0.05) is 69.1 Å². The molecule has 0 saturated carbocycles. The SMILES string of the molecule is CC(C)(C)N1C=CN(C(C)(C)C)[Si]1(ON1C(C)(C)CCCC1(C)C)O[Si]1(ON2C(C)(C)CCCC2(C)C)N(C(C)(C)C)C=CN1C(C)(C)C. The number of hydrogen-bond acceptors (Lipinski definition) is 9. The van der Waals surface area contributed by atoms with E-state index in [4.69, 9.17) is 13.2 Å². The van der Waals surface area contributed by atoms with Crippen molar-refractivity contribution < 1.29 is 13.2 Å². The van der Waals surface area contributed by atoms with Crippen LogP contribution in [0.1, 0.15) is 177 Å². The van der Waals surface area contributed by atoms with Crippen molar-refractivity contribution in [1.82, 2.24) is 28.4 Å². The second-order valence-electron chi connectivity index (χ2n) is 21.7. The number of hydrogen-bond donors (Lipinski definition) is 0. The van der Waals surface area contributed by atoms with Gasteiger partial charge in [-0.25, -0.2) is 0 Å². The van der Waals surface area contributed by atoms with Gasteiger partial charge in [-0.1, -0.05) is 0 Å². The Kier molecular flexibility index (Phi) is 10.2. The molecule has 0 aromatic heterocycles. The first-order valence-corrected chi connectivity index (χ1v) is 22.4. The summed E-state index contributed by atoms with van der Waals surface area (Å²) in [5, 5.41) is 4.67. The van der Waals surface area contributed by atoms with Gasteiger partial charge in [0.05, 0.1) is 0 Å². The van der Waals surface area contributed by atoms with Crippen molar-refractivity contribution in [2.45, 2.75) is 221 Å². The summed E-state index contributed by atoms with van der Waals surface area (Å²) < 4.78 is 34.1. The third kappa shape index (κ3) is 7.42. The Morgan fingerprint density at radius 3 is 0.796 bits per heavy atom. The van der Waals surface area contributed by atoms with Crippen molar-refractivity contribution in [2.75, 3.05) is 0 Å². The molecule has 0 unspecified atom stereocenters. The zero-order chi connectivity index (χ0) is 37.7. The highest BCUT2D eigenvalue weighted by Gasteiger charge is 2.74. The fraction of sp³-hybridized carbons (Fsp3) is 0.895. The maximum Gasteiger partial charge on any atom is 0.599 e. The van der Waals surface area contributed by atoms with E-state index < -0.39 is 17.8 Å². The Hall–Kier alpha value is -1.09. The van der Waals surface area contributed by atoms with Gasteiger partial charge in [0.2, 0.25) is 0 Å². The van der Waals surface area contributed by atoms with Crippen molar-refractivity contribution in [3.63, 3.8) is 0 Å². The molecule has 2 fully saturated rings. The van der Waals surface area contributed by atoms with Gasteiger partial charge in [0.1, 0.15) is 0 Å². The lowest BCUT2D eigenvalue weighted by Gasteiger charge is -2.61. The van der Waals surface area contributed by atoms with Gasteiger partial charge >= 0.3 is 17.8 Å². The van der Waals surface area contributed by atoms with E-state index in [1.807, 2.05) is 0 Å². The summed E-state index contributed by atoms with van der Waals surface area (Å²) in [5.74, 6) is 0. The summed E-state index contributed by atoms with van der Waals surface area (Å²) in [6.07, 6.45) is 15.5. The van der Waals surface area contributed by atoms with Crippen LogP contribution in [0.15, 0.2) is 24.8 Å². The number of hydroxylamine groups is 4. The molecule has 0 N–H and O–H groups in total. The number of rotatable bonds is 6. The summed E-state index contributed by atoms with van der Waals surface area (Å²) >= 11 is 0. The smallest absolute Gasteiger partial charge is 0.345 e. The van der Waals surface area contributed by atoms with Crippen LogP contribution in [-0.2, 0) is 13.2 Å². The minimum Gasteiger partial charge on any atom is -0.345 e. The highest BCUT2D eigenvalue weighted by molar-refractivity contribution is 6.77. The van der Waals surface area contributed by atoms with Crippen LogP contribution >= 0.6 is 0 Å². The summed E-state index contributed by atoms with van der Waals surface area (Å²) in [7, 11) is -7.43. The van der Waals surface area contributed by atoms with Crippen LogP contribution in [-0.4, -0.2) is 90.5 Å². The third-order valence-corrected chi connectivity index (χ3v) is 19.6. The molecule has 0 bridgehead atoms. The molecule has 0 atom stereocenters. The lowest BCUT2D eigenvalue weighted by molar-refractivity contribution is -0.262. The first-order chi connectivity index (χ1) is 21.7. The Morgan fingerprint density at radius 1 is 0.408 bits per heavy atom. The maximum absolute atomic E-state index is 8.41. The van der Waals surface area contributed by atoms with E-state index >= 15 is 0 Å². The average Bonchev–Trinajstić information content (AvgIpc) is 3.43. The molecule has 4 aliphatic heterocycles. The lowest BCUT2D eigenvalue weighted by atomic mass is 9.82. The van der Waals surface area contributed by atoms with Crippen molar-refractivity contribution in [1.29, 1.82) is 0 Å². The highest BCUT2D eigenvalue weighted by Crippen LogP contribution is 2.50. The second-order valence-corrected chi connectivity index (χ2v) is 27.0. The molecule has 0 spiro atoms. The summed E-state index contributed by atoms with van der Waals surface area (Å²) in [6.45, 7) is 46.1. The van der Waals surface area contributed by atoms with Crippen LogP contribution in [0.25, 0.3) is 0 Å². The zero-order valence-corrected chi connectivity index (χ0v) is 37.5. The zero-order valence-electron chi connectivity index (χ0n) is 35.5.